The highest BCUT2D eigenvalue weighted by Gasteiger charge is 2.19. The van der Waals surface area contributed by atoms with Gasteiger partial charge in [0.2, 0.25) is 5.95 Å². The highest BCUT2D eigenvalue weighted by Crippen LogP contribution is 2.32. The van der Waals surface area contributed by atoms with E-state index in [1.807, 2.05) is 0 Å². The van der Waals surface area contributed by atoms with E-state index in [1.165, 1.54) is 0 Å². The number of ether oxygens (including phenoxy) is 2. The van der Waals surface area contributed by atoms with Gasteiger partial charge in [0.15, 0.2) is 0 Å². The number of nitrogens with two attached hydrogens (primary N) is 2. The summed E-state index contributed by atoms with van der Waals surface area (Å²) in [5.41, 5.74) is 9.61. The molecular formula is C15H18BrN5O3. The Morgan fingerprint density at radius 1 is 1.33 bits per heavy atom. The van der Waals surface area contributed by atoms with Gasteiger partial charge in [-0.3, -0.25) is 10.2 Å². The molecule has 2 rings (SSSR count). The number of methoxy groups -OCH3 is 1. The van der Waals surface area contributed by atoms with Crippen LogP contribution < -0.4 is 21.7 Å². The number of nitrogens with zero attached hydrogens (tertiary/aromatic N) is 2. The minimum Gasteiger partial charge on any atom is -0.490 e. The van der Waals surface area contributed by atoms with Gasteiger partial charge in [-0.15, -0.1) is 0 Å². The van der Waals surface area contributed by atoms with Gasteiger partial charge in [0.05, 0.1) is 28.0 Å². The number of carbonyl (C=O) groups is 1. The predicted octanol–water partition coefficient (Wildman–Crippen LogP) is 1.43. The lowest BCUT2D eigenvalue weighted by Gasteiger charge is -2.13. The van der Waals surface area contributed by atoms with Gasteiger partial charge in [-0.1, -0.05) is 0 Å². The van der Waals surface area contributed by atoms with Gasteiger partial charge in [-0.25, -0.2) is 15.8 Å². The number of amides is 1. The quantitative estimate of drug-likeness (QED) is 0.292. The average Bonchev–Trinajstić information content (AvgIpc) is 2.55. The van der Waals surface area contributed by atoms with Crippen LogP contribution in [0.2, 0.25) is 0 Å². The smallest absolute Gasteiger partial charge is 0.269 e. The van der Waals surface area contributed by atoms with Crippen LogP contribution in [0.5, 0.6) is 5.75 Å². The number of anilines is 1. The van der Waals surface area contributed by atoms with Crippen molar-refractivity contribution in [2.45, 2.75) is 6.92 Å². The summed E-state index contributed by atoms with van der Waals surface area (Å²) in [6, 6.07) is 5.34. The molecule has 1 aromatic carbocycles. The van der Waals surface area contributed by atoms with Crippen molar-refractivity contribution in [2.24, 2.45) is 5.84 Å². The molecule has 1 amide bonds. The third kappa shape index (κ3) is 3.99. The molecule has 1 heterocycles. The van der Waals surface area contributed by atoms with E-state index in [0.717, 1.165) is 0 Å². The molecule has 24 heavy (non-hydrogen) atoms. The molecule has 2 aromatic rings. The average molecular weight is 396 g/mol. The summed E-state index contributed by atoms with van der Waals surface area (Å²) in [7, 11) is 1.60. The van der Waals surface area contributed by atoms with Gasteiger partial charge in [-0.2, -0.15) is 0 Å². The van der Waals surface area contributed by atoms with Crippen molar-refractivity contribution in [3.05, 3.63) is 33.9 Å². The van der Waals surface area contributed by atoms with Gasteiger partial charge >= 0.3 is 0 Å². The molecule has 0 spiro atoms. The molecule has 128 valence electrons. The van der Waals surface area contributed by atoms with Crippen LogP contribution in [0.1, 0.15) is 16.1 Å². The number of hydrazine groups is 1. The maximum absolute atomic E-state index is 12.1. The molecule has 0 radical (unpaired) electrons. The SMILES string of the molecule is COCCOc1ccc(-c2nc(N)nc(C)c2C(=O)NN)cc1Br. The van der Waals surface area contributed by atoms with E-state index < -0.39 is 5.91 Å². The fourth-order valence-electron chi connectivity index (χ4n) is 2.15. The van der Waals surface area contributed by atoms with Gasteiger partial charge in [0.25, 0.3) is 5.91 Å². The molecule has 0 saturated carbocycles. The summed E-state index contributed by atoms with van der Waals surface area (Å²) in [5, 5.41) is 0. The molecule has 0 bridgehead atoms. The Morgan fingerprint density at radius 3 is 2.71 bits per heavy atom. The summed E-state index contributed by atoms with van der Waals surface area (Å²) in [4.78, 5) is 20.3. The molecule has 0 saturated heterocycles. The summed E-state index contributed by atoms with van der Waals surface area (Å²) in [5.74, 6) is 5.49. The van der Waals surface area contributed by atoms with Crippen LogP contribution in [0.3, 0.4) is 0 Å². The third-order valence-electron chi connectivity index (χ3n) is 3.22. The fraction of sp³-hybridized carbons (Fsp3) is 0.267. The first-order chi connectivity index (χ1) is 11.5. The Kier molecular flexibility index (Phi) is 6.07. The number of nitrogens with one attached hydrogen (secondary N) is 1. The lowest BCUT2D eigenvalue weighted by molar-refractivity contribution is 0.0953. The Hall–Kier alpha value is -2.23. The van der Waals surface area contributed by atoms with Crippen molar-refractivity contribution in [1.29, 1.82) is 0 Å². The highest BCUT2D eigenvalue weighted by atomic mass is 79.9. The second-order valence-electron chi connectivity index (χ2n) is 4.85. The first-order valence-corrected chi connectivity index (χ1v) is 7.84. The van der Waals surface area contributed by atoms with Crippen LogP contribution in [-0.4, -0.2) is 36.2 Å². The van der Waals surface area contributed by atoms with E-state index in [-0.39, 0.29) is 11.5 Å². The summed E-state index contributed by atoms with van der Waals surface area (Å²) in [6.45, 7) is 2.58. The number of hydrogen-bond donors (Lipinski definition) is 3. The summed E-state index contributed by atoms with van der Waals surface area (Å²) < 4.78 is 11.2. The molecular weight excluding hydrogens is 378 g/mol. The van der Waals surface area contributed by atoms with E-state index in [9.17, 15) is 4.79 Å². The zero-order chi connectivity index (χ0) is 17.7. The van der Waals surface area contributed by atoms with Gasteiger partial charge in [0, 0.05) is 12.7 Å². The van der Waals surface area contributed by atoms with E-state index in [1.54, 1.807) is 32.2 Å². The molecule has 1 aromatic heterocycles. The maximum Gasteiger partial charge on any atom is 0.269 e. The predicted molar refractivity (Wildman–Crippen MR) is 93.3 cm³/mol. The lowest BCUT2D eigenvalue weighted by atomic mass is 10.0. The number of aromatic nitrogens is 2. The molecule has 0 aliphatic carbocycles. The van der Waals surface area contributed by atoms with Crippen LogP contribution in [-0.2, 0) is 4.74 Å². The summed E-state index contributed by atoms with van der Waals surface area (Å²) >= 11 is 3.45. The van der Waals surface area contributed by atoms with Gasteiger partial charge in [-0.05, 0) is 41.1 Å². The molecule has 0 aliphatic heterocycles. The van der Waals surface area contributed by atoms with Crippen LogP contribution in [0, 0.1) is 6.92 Å². The van der Waals surface area contributed by atoms with Gasteiger partial charge < -0.3 is 15.2 Å². The normalized spacial score (nSPS) is 10.5. The Balaban J connectivity index is 2.45. The molecule has 0 aliphatic rings. The number of hydrogen-bond acceptors (Lipinski definition) is 7. The lowest BCUT2D eigenvalue weighted by Crippen LogP contribution is -2.31. The maximum atomic E-state index is 12.1. The Labute approximate surface area is 147 Å². The fourth-order valence-corrected chi connectivity index (χ4v) is 2.64. The van der Waals surface area contributed by atoms with Crippen molar-refractivity contribution in [2.75, 3.05) is 26.1 Å². The largest absolute Gasteiger partial charge is 0.490 e. The number of nitrogen functional groups attached to an aromatic ring is 2. The first kappa shape index (κ1) is 18.1. The minimum atomic E-state index is -0.487. The third-order valence-corrected chi connectivity index (χ3v) is 3.84. The number of rotatable bonds is 6. The van der Waals surface area contributed by atoms with Crippen LogP contribution >= 0.6 is 15.9 Å². The highest BCUT2D eigenvalue weighted by molar-refractivity contribution is 9.10. The van der Waals surface area contributed by atoms with Crippen LogP contribution in [0.4, 0.5) is 5.95 Å². The van der Waals surface area contributed by atoms with Gasteiger partial charge in [0.1, 0.15) is 12.4 Å². The minimum absolute atomic E-state index is 0.0765. The van der Waals surface area contributed by atoms with E-state index >= 15 is 0 Å². The Morgan fingerprint density at radius 2 is 2.08 bits per heavy atom. The molecule has 0 atom stereocenters. The molecule has 0 fully saturated rings. The first-order valence-electron chi connectivity index (χ1n) is 7.04. The van der Waals surface area contributed by atoms with E-state index in [2.05, 4.69) is 31.3 Å². The monoisotopic (exact) mass is 395 g/mol. The topological polar surface area (TPSA) is 125 Å². The van der Waals surface area contributed by atoms with Crippen molar-refractivity contribution in [3.8, 4) is 17.0 Å². The van der Waals surface area contributed by atoms with Crippen LogP contribution in [0.15, 0.2) is 22.7 Å². The molecule has 8 nitrogen and oxygen atoms in total. The number of halogens is 1. The number of carbonyl (C=O) groups excluding carboxylic acids is 1. The van der Waals surface area contributed by atoms with Crippen molar-refractivity contribution >= 4 is 27.8 Å². The molecule has 9 heteroatoms. The second-order valence-corrected chi connectivity index (χ2v) is 5.71. The number of benzene rings is 1. The van der Waals surface area contributed by atoms with Crippen molar-refractivity contribution in [3.63, 3.8) is 0 Å². The van der Waals surface area contributed by atoms with Crippen molar-refractivity contribution in [1.82, 2.24) is 15.4 Å². The second kappa shape index (κ2) is 8.04. The zero-order valence-electron chi connectivity index (χ0n) is 13.3. The standard InChI is InChI=1S/C15H18BrN5O3/c1-8-12(14(22)21-18)13(20-15(17)19-8)9-3-4-11(10(16)7-9)24-6-5-23-2/h3-4,7H,5-6,18H2,1-2H3,(H,21,22)(H2,17,19,20). The molecule has 0 unspecified atom stereocenters. The van der Waals surface area contributed by atoms with Crippen LogP contribution in [0.25, 0.3) is 11.3 Å². The van der Waals surface area contributed by atoms with E-state index in [4.69, 9.17) is 21.1 Å². The number of aryl methyl sites for hydroxylation is 1. The van der Waals surface area contributed by atoms with Crippen molar-refractivity contribution < 1.29 is 14.3 Å². The van der Waals surface area contributed by atoms with E-state index in [0.29, 0.717) is 40.4 Å². The zero-order valence-corrected chi connectivity index (χ0v) is 14.9. The Bertz CT molecular complexity index is 754. The molecule has 5 N–H and O–H groups in total. The summed E-state index contributed by atoms with van der Waals surface area (Å²) in [6.07, 6.45) is 0.